The summed E-state index contributed by atoms with van der Waals surface area (Å²) in [6, 6.07) is 6.28. The Morgan fingerprint density at radius 2 is 2.17 bits per heavy atom. The summed E-state index contributed by atoms with van der Waals surface area (Å²) in [7, 11) is 3.83. The molecule has 1 aromatic heterocycles. The summed E-state index contributed by atoms with van der Waals surface area (Å²) >= 11 is 9.70. The van der Waals surface area contributed by atoms with Gasteiger partial charge in [-0.05, 0) is 37.2 Å². The monoisotopic (exact) mass is 327 g/mol. The van der Waals surface area contributed by atoms with Crippen molar-refractivity contribution in [3.8, 4) is 0 Å². The SMILES string of the molecule is CNC(c1ccc(Br)cc1C)c1c(Cl)cnn1C. The number of aromatic nitrogens is 2. The molecule has 0 spiro atoms. The van der Waals surface area contributed by atoms with Crippen molar-refractivity contribution in [3.05, 3.63) is 50.7 Å². The van der Waals surface area contributed by atoms with Crippen LogP contribution in [0.2, 0.25) is 5.02 Å². The molecule has 0 aliphatic heterocycles. The maximum Gasteiger partial charge on any atom is 0.0837 e. The number of benzene rings is 1. The zero-order valence-corrected chi connectivity index (χ0v) is 12.9. The highest BCUT2D eigenvalue weighted by Gasteiger charge is 2.20. The van der Waals surface area contributed by atoms with Gasteiger partial charge in [-0.25, -0.2) is 0 Å². The third-order valence-corrected chi connectivity index (χ3v) is 3.83. The first kappa shape index (κ1) is 13.6. The molecule has 0 aliphatic rings. The fourth-order valence-corrected chi connectivity index (χ4v) is 2.90. The summed E-state index contributed by atoms with van der Waals surface area (Å²) in [6.07, 6.45) is 1.68. The topological polar surface area (TPSA) is 29.9 Å². The van der Waals surface area contributed by atoms with E-state index < -0.39 is 0 Å². The molecule has 0 saturated carbocycles. The van der Waals surface area contributed by atoms with E-state index >= 15 is 0 Å². The van der Waals surface area contributed by atoms with Gasteiger partial charge in [-0.15, -0.1) is 0 Å². The van der Waals surface area contributed by atoms with E-state index in [9.17, 15) is 0 Å². The molecule has 2 rings (SSSR count). The van der Waals surface area contributed by atoms with Crippen LogP contribution in [-0.2, 0) is 7.05 Å². The third-order valence-electron chi connectivity index (χ3n) is 3.04. The van der Waals surface area contributed by atoms with Gasteiger partial charge in [-0.1, -0.05) is 33.6 Å². The maximum absolute atomic E-state index is 6.22. The van der Waals surface area contributed by atoms with Gasteiger partial charge < -0.3 is 5.32 Å². The Morgan fingerprint density at radius 1 is 1.44 bits per heavy atom. The Hall–Kier alpha value is -0.840. The highest BCUT2D eigenvalue weighted by molar-refractivity contribution is 9.10. The Morgan fingerprint density at radius 3 is 2.67 bits per heavy atom. The molecule has 0 aliphatic carbocycles. The smallest absolute Gasteiger partial charge is 0.0837 e. The normalized spacial score (nSPS) is 12.7. The number of aryl methyl sites for hydroxylation is 2. The van der Waals surface area contributed by atoms with Crippen molar-refractivity contribution >= 4 is 27.5 Å². The molecule has 18 heavy (non-hydrogen) atoms. The van der Waals surface area contributed by atoms with Crippen molar-refractivity contribution in [2.24, 2.45) is 7.05 Å². The summed E-state index contributed by atoms with van der Waals surface area (Å²) in [5, 5.41) is 8.18. The first-order chi connectivity index (χ1) is 8.54. The lowest BCUT2D eigenvalue weighted by atomic mass is 9.99. The molecule has 1 aromatic carbocycles. The van der Waals surface area contributed by atoms with Crippen LogP contribution in [0.1, 0.15) is 22.9 Å². The second-order valence-electron chi connectivity index (χ2n) is 4.22. The van der Waals surface area contributed by atoms with Gasteiger partial charge in [0.05, 0.1) is 23.0 Å². The van der Waals surface area contributed by atoms with E-state index in [1.807, 2.05) is 24.8 Å². The fraction of sp³-hybridized carbons (Fsp3) is 0.308. The van der Waals surface area contributed by atoms with E-state index in [4.69, 9.17) is 11.6 Å². The van der Waals surface area contributed by atoms with Crippen LogP contribution in [0.4, 0.5) is 0 Å². The molecule has 5 heteroatoms. The predicted octanol–water partition coefficient (Wildman–Crippen LogP) is 3.45. The quantitative estimate of drug-likeness (QED) is 0.935. The van der Waals surface area contributed by atoms with Crippen molar-refractivity contribution in [2.45, 2.75) is 13.0 Å². The van der Waals surface area contributed by atoms with E-state index in [1.165, 1.54) is 11.1 Å². The zero-order valence-electron chi connectivity index (χ0n) is 10.5. The van der Waals surface area contributed by atoms with Gasteiger partial charge in [0, 0.05) is 11.5 Å². The highest BCUT2D eigenvalue weighted by Crippen LogP contribution is 2.30. The van der Waals surface area contributed by atoms with Crippen LogP contribution in [0.15, 0.2) is 28.9 Å². The highest BCUT2D eigenvalue weighted by atomic mass is 79.9. The molecule has 1 atom stereocenters. The van der Waals surface area contributed by atoms with Crippen molar-refractivity contribution in [3.63, 3.8) is 0 Å². The Labute approximate surface area is 120 Å². The molecular weight excluding hydrogens is 314 g/mol. The van der Waals surface area contributed by atoms with Crippen LogP contribution in [0.25, 0.3) is 0 Å². The minimum absolute atomic E-state index is 0.0399. The predicted molar refractivity (Wildman–Crippen MR) is 78.0 cm³/mol. The van der Waals surface area contributed by atoms with E-state index in [1.54, 1.807) is 6.20 Å². The first-order valence-electron chi connectivity index (χ1n) is 5.65. The van der Waals surface area contributed by atoms with Crippen LogP contribution < -0.4 is 5.32 Å². The van der Waals surface area contributed by atoms with Crippen molar-refractivity contribution < 1.29 is 0 Å². The summed E-state index contributed by atoms with van der Waals surface area (Å²) in [5.41, 5.74) is 3.39. The van der Waals surface area contributed by atoms with Gasteiger partial charge in [0.15, 0.2) is 0 Å². The van der Waals surface area contributed by atoms with Gasteiger partial charge in [0.25, 0.3) is 0 Å². The second-order valence-corrected chi connectivity index (χ2v) is 5.55. The van der Waals surface area contributed by atoms with Crippen molar-refractivity contribution in [1.29, 1.82) is 0 Å². The minimum Gasteiger partial charge on any atom is -0.308 e. The Balaban J connectivity index is 2.52. The average Bonchev–Trinajstić information content (AvgIpc) is 2.64. The lowest BCUT2D eigenvalue weighted by Gasteiger charge is -2.20. The lowest BCUT2D eigenvalue weighted by molar-refractivity contribution is 0.604. The molecule has 3 nitrogen and oxygen atoms in total. The Bertz CT molecular complexity index is 546. The number of rotatable bonds is 3. The molecule has 96 valence electrons. The molecule has 0 radical (unpaired) electrons. The molecule has 1 unspecified atom stereocenters. The van der Waals surface area contributed by atoms with Gasteiger partial charge in [-0.3, -0.25) is 4.68 Å². The number of hydrogen-bond acceptors (Lipinski definition) is 2. The van der Waals surface area contributed by atoms with E-state index in [0.717, 1.165) is 10.2 Å². The Kier molecular flexibility index (Phi) is 4.10. The number of nitrogens with one attached hydrogen (secondary N) is 1. The molecular formula is C13H15BrClN3. The molecule has 1 heterocycles. The van der Waals surface area contributed by atoms with E-state index in [2.05, 4.69) is 45.4 Å². The largest absolute Gasteiger partial charge is 0.308 e. The zero-order chi connectivity index (χ0) is 13.3. The van der Waals surface area contributed by atoms with E-state index in [0.29, 0.717) is 5.02 Å². The second kappa shape index (κ2) is 5.43. The molecule has 1 N–H and O–H groups in total. The number of nitrogens with zero attached hydrogens (tertiary/aromatic N) is 2. The summed E-state index contributed by atoms with van der Waals surface area (Å²) < 4.78 is 2.89. The standard InChI is InChI=1S/C13H15BrClN3/c1-8-6-9(14)4-5-10(8)12(16-2)13-11(15)7-17-18(13)3/h4-7,12,16H,1-3H3. The van der Waals surface area contributed by atoms with Crippen molar-refractivity contribution in [2.75, 3.05) is 7.05 Å². The molecule has 0 fully saturated rings. The third kappa shape index (κ3) is 2.46. The summed E-state index contributed by atoms with van der Waals surface area (Å²) in [5.74, 6) is 0. The number of halogens is 2. The van der Waals surface area contributed by atoms with Crippen LogP contribution in [-0.4, -0.2) is 16.8 Å². The number of hydrogen-bond donors (Lipinski definition) is 1. The van der Waals surface area contributed by atoms with Gasteiger partial charge >= 0.3 is 0 Å². The molecule has 0 saturated heterocycles. The minimum atomic E-state index is 0.0399. The van der Waals surface area contributed by atoms with Crippen LogP contribution >= 0.6 is 27.5 Å². The molecule has 0 bridgehead atoms. The average molecular weight is 329 g/mol. The van der Waals surface area contributed by atoms with Crippen LogP contribution in [0.3, 0.4) is 0 Å². The maximum atomic E-state index is 6.22. The fourth-order valence-electron chi connectivity index (χ4n) is 2.15. The van der Waals surface area contributed by atoms with Gasteiger partial charge in [-0.2, -0.15) is 5.10 Å². The van der Waals surface area contributed by atoms with Crippen molar-refractivity contribution in [1.82, 2.24) is 15.1 Å². The van der Waals surface area contributed by atoms with Gasteiger partial charge in [0.2, 0.25) is 0 Å². The van der Waals surface area contributed by atoms with E-state index in [-0.39, 0.29) is 6.04 Å². The lowest BCUT2D eigenvalue weighted by Crippen LogP contribution is -2.21. The first-order valence-corrected chi connectivity index (χ1v) is 6.82. The summed E-state index contributed by atoms with van der Waals surface area (Å²) in [4.78, 5) is 0. The summed E-state index contributed by atoms with van der Waals surface area (Å²) in [6.45, 7) is 2.09. The van der Waals surface area contributed by atoms with Gasteiger partial charge in [0.1, 0.15) is 0 Å². The molecule has 2 aromatic rings. The van der Waals surface area contributed by atoms with Crippen LogP contribution in [0, 0.1) is 6.92 Å². The molecule has 0 amide bonds. The van der Waals surface area contributed by atoms with Crippen LogP contribution in [0.5, 0.6) is 0 Å².